The van der Waals surface area contributed by atoms with Crippen molar-refractivity contribution in [2.45, 2.75) is 32.2 Å². The highest BCUT2D eigenvalue weighted by Gasteiger charge is 2.31. The molecule has 6 heteroatoms. The first-order valence-corrected chi connectivity index (χ1v) is 8.97. The van der Waals surface area contributed by atoms with Crippen LogP contribution < -0.4 is 4.90 Å². The van der Waals surface area contributed by atoms with E-state index in [0.717, 1.165) is 23.8 Å². The smallest absolute Gasteiger partial charge is 0.310 e. The highest BCUT2D eigenvalue weighted by Crippen LogP contribution is 2.35. The van der Waals surface area contributed by atoms with Crippen LogP contribution in [-0.2, 0) is 28.9 Å². The Morgan fingerprint density at radius 1 is 1.43 bits per heavy atom. The fraction of sp³-hybridized carbons (Fsp3) is 0.529. The van der Waals surface area contributed by atoms with E-state index in [1.54, 1.807) is 0 Å². The second kappa shape index (κ2) is 6.00. The fourth-order valence-electron chi connectivity index (χ4n) is 3.29. The Balaban J connectivity index is 1.50. The van der Waals surface area contributed by atoms with E-state index in [-0.39, 0.29) is 11.9 Å². The maximum absolute atomic E-state index is 11.9. The number of anilines is 1. The molecule has 0 aromatic carbocycles. The molecule has 2 aliphatic rings. The number of carbonyl (C=O) groups is 1. The van der Waals surface area contributed by atoms with Gasteiger partial charge in [0.2, 0.25) is 0 Å². The minimum atomic E-state index is -0.143. The van der Waals surface area contributed by atoms with Gasteiger partial charge < -0.3 is 9.64 Å². The Morgan fingerprint density at radius 3 is 3.04 bits per heavy atom. The van der Waals surface area contributed by atoms with Crippen LogP contribution in [0.25, 0.3) is 0 Å². The molecule has 1 atom stereocenters. The first-order chi connectivity index (χ1) is 11.2. The summed E-state index contributed by atoms with van der Waals surface area (Å²) >= 11 is 1.90. The number of fused-ring (bicyclic) bond motifs is 1. The van der Waals surface area contributed by atoms with E-state index >= 15 is 0 Å². The Hall–Kier alpha value is -1.82. The van der Waals surface area contributed by atoms with E-state index in [9.17, 15) is 4.79 Å². The lowest BCUT2D eigenvalue weighted by Gasteiger charge is -2.32. The van der Waals surface area contributed by atoms with Crippen molar-refractivity contribution in [2.75, 3.05) is 18.6 Å². The van der Waals surface area contributed by atoms with Gasteiger partial charge in [-0.2, -0.15) is 5.10 Å². The molecule has 0 bridgehead atoms. The number of methoxy groups -OCH3 is 1. The lowest BCUT2D eigenvalue weighted by Crippen LogP contribution is -2.38. The lowest BCUT2D eigenvalue weighted by molar-refractivity contribution is -0.145. The molecule has 2 aromatic rings. The number of H-pyrrole nitrogens is 1. The summed E-state index contributed by atoms with van der Waals surface area (Å²) in [7, 11) is 1.46. The molecule has 2 aromatic heterocycles. The van der Waals surface area contributed by atoms with E-state index in [2.05, 4.69) is 27.2 Å². The van der Waals surface area contributed by atoms with Crippen molar-refractivity contribution < 1.29 is 9.53 Å². The molecule has 1 N–H and O–H groups in total. The van der Waals surface area contributed by atoms with Crippen LogP contribution in [-0.4, -0.2) is 29.8 Å². The molecule has 0 radical (unpaired) electrons. The third-order valence-corrected chi connectivity index (χ3v) is 5.81. The molecule has 0 saturated heterocycles. The summed E-state index contributed by atoms with van der Waals surface area (Å²) in [5.41, 5.74) is 2.14. The number of esters is 1. The summed E-state index contributed by atoms with van der Waals surface area (Å²) in [6.07, 6.45) is 6.54. The van der Waals surface area contributed by atoms with E-state index in [1.807, 2.05) is 17.5 Å². The van der Waals surface area contributed by atoms with Gasteiger partial charge in [0, 0.05) is 22.7 Å². The number of rotatable bonds is 5. The average molecular weight is 331 g/mol. The van der Waals surface area contributed by atoms with E-state index < -0.39 is 0 Å². The summed E-state index contributed by atoms with van der Waals surface area (Å²) in [5.74, 6) is 0.648. The standard InChI is InChI=1S/C17H21N3O2S/c1-22-17(21)12-7-15-16(8-18-19-15)20(9-12)10-14-5-4-13(23-14)6-11-2-3-11/h4-5,8,11-12H,2-3,6-7,9-10H2,1H3,(H,18,19). The van der Waals surface area contributed by atoms with Crippen LogP contribution in [0.5, 0.6) is 0 Å². The molecular weight excluding hydrogens is 310 g/mol. The van der Waals surface area contributed by atoms with Gasteiger partial charge in [0.1, 0.15) is 0 Å². The van der Waals surface area contributed by atoms with Crippen molar-refractivity contribution in [1.29, 1.82) is 0 Å². The largest absolute Gasteiger partial charge is 0.469 e. The molecule has 4 rings (SSSR count). The molecule has 1 aliphatic heterocycles. The number of aromatic amines is 1. The average Bonchev–Trinajstić information content (AvgIpc) is 3.06. The van der Waals surface area contributed by atoms with Gasteiger partial charge in [-0.3, -0.25) is 9.89 Å². The van der Waals surface area contributed by atoms with Crippen molar-refractivity contribution in [3.05, 3.63) is 33.8 Å². The number of carbonyl (C=O) groups excluding carboxylic acids is 1. The van der Waals surface area contributed by atoms with Crippen LogP contribution in [0.15, 0.2) is 18.3 Å². The highest BCUT2D eigenvalue weighted by atomic mass is 32.1. The normalized spacial score (nSPS) is 20.4. The van der Waals surface area contributed by atoms with Crippen molar-refractivity contribution in [2.24, 2.45) is 11.8 Å². The zero-order valence-electron chi connectivity index (χ0n) is 13.2. The van der Waals surface area contributed by atoms with Crippen LogP contribution in [0.4, 0.5) is 5.69 Å². The number of ether oxygens (including phenoxy) is 1. The summed E-state index contributed by atoms with van der Waals surface area (Å²) < 4.78 is 4.94. The maximum atomic E-state index is 11.9. The maximum Gasteiger partial charge on any atom is 0.310 e. The topological polar surface area (TPSA) is 58.2 Å². The predicted molar refractivity (Wildman–Crippen MR) is 89.6 cm³/mol. The van der Waals surface area contributed by atoms with Crippen molar-refractivity contribution in [3.8, 4) is 0 Å². The van der Waals surface area contributed by atoms with Gasteiger partial charge in [-0.1, -0.05) is 0 Å². The molecule has 1 aliphatic carbocycles. The predicted octanol–water partition coefficient (Wildman–Crippen LogP) is 2.78. The molecular formula is C17H21N3O2S. The van der Waals surface area contributed by atoms with Crippen LogP contribution in [0, 0.1) is 11.8 Å². The van der Waals surface area contributed by atoms with Crippen molar-refractivity contribution >= 4 is 23.0 Å². The second-order valence-electron chi connectivity index (χ2n) is 6.55. The van der Waals surface area contributed by atoms with Gasteiger partial charge in [-0.15, -0.1) is 11.3 Å². The Morgan fingerprint density at radius 2 is 2.26 bits per heavy atom. The van der Waals surface area contributed by atoms with Gasteiger partial charge in [-0.25, -0.2) is 0 Å². The Kier molecular flexibility index (Phi) is 3.85. The molecule has 1 saturated carbocycles. The second-order valence-corrected chi connectivity index (χ2v) is 7.81. The van der Waals surface area contributed by atoms with Crippen molar-refractivity contribution in [1.82, 2.24) is 10.2 Å². The molecule has 3 heterocycles. The zero-order valence-corrected chi connectivity index (χ0v) is 14.1. The lowest BCUT2D eigenvalue weighted by atomic mass is 9.97. The third-order valence-electron chi connectivity index (χ3n) is 4.71. The minimum Gasteiger partial charge on any atom is -0.469 e. The minimum absolute atomic E-state index is 0.126. The van der Waals surface area contributed by atoms with Crippen LogP contribution >= 0.6 is 11.3 Å². The SMILES string of the molecule is COC(=O)C1Cc2[nH]ncc2N(Cc2ccc(CC3CC3)s2)C1. The number of nitrogens with one attached hydrogen (secondary N) is 1. The van der Waals surface area contributed by atoms with Gasteiger partial charge >= 0.3 is 5.97 Å². The zero-order chi connectivity index (χ0) is 15.8. The summed E-state index contributed by atoms with van der Waals surface area (Å²) in [4.78, 5) is 17.0. The van der Waals surface area contributed by atoms with Gasteiger partial charge in [0.15, 0.2) is 0 Å². The number of nitrogens with zero attached hydrogens (tertiary/aromatic N) is 2. The monoisotopic (exact) mass is 331 g/mol. The molecule has 0 spiro atoms. The fourth-order valence-corrected chi connectivity index (χ4v) is 4.44. The number of aromatic nitrogens is 2. The molecule has 122 valence electrons. The Bertz CT molecular complexity index is 704. The molecule has 1 fully saturated rings. The number of hydrogen-bond donors (Lipinski definition) is 1. The number of thiophene rings is 1. The molecule has 0 amide bonds. The van der Waals surface area contributed by atoms with Crippen molar-refractivity contribution in [3.63, 3.8) is 0 Å². The summed E-state index contributed by atoms with van der Waals surface area (Å²) in [6.45, 7) is 1.52. The van der Waals surface area contributed by atoms with Crippen LogP contribution in [0.2, 0.25) is 0 Å². The first-order valence-electron chi connectivity index (χ1n) is 8.15. The van der Waals surface area contributed by atoms with Crippen LogP contribution in [0.1, 0.15) is 28.3 Å². The molecule has 5 nitrogen and oxygen atoms in total. The van der Waals surface area contributed by atoms with E-state index in [4.69, 9.17) is 4.74 Å². The quantitative estimate of drug-likeness (QED) is 0.856. The number of hydrogen-bond acceptors (Lipinski definition) is 5. The molecule has 23 heavy (non-hydrogen) atoms. The van der Waals surface area contributed by atoms with E-state index in [0.29, 0.717) is 13.0 Å². The van der Waals surface area contributed by atoms with Gasteiger partial charge in [-0.05, 0) is 37.3 Å². The van der Waals surface area contributed by atoms with Gasteiger partial charge in [0.25, 0.3) is 0 Å². The van der Waals surface area contributed by atoms with Gasteiger partial charge in [0.05, 0.1) is 37.2 Å². The first kappa shape index (κ1) is 14.8. The third kappa shape index (κ3) is 3.13. The Labute approximate surface area is 139 Å². The van der Waals surface area contributed by atoms with E-state index in [1.165, 1.54) is 36.1 Å². The molecule has 1 unspecified atom stereocenters. The summed E-state index contributed by atoms with van der Waals surface area (Å²) in [5, 5.41) is 7.18. The highest BCUT2D eigenvalue weighted by molar-refractivity contribution is 7.12. The summed E-state index contributed by atoms with van der Waals surface area (Å²) in [6, 6.07) is 4.49. The van der Waals surface area contributed by atoms with Crippen LogP contribution in [0.3, 0.4) is 0 Å².